The molecule has 5 N–H and O–H groups in total. The highest BCUT2D eigenvalue weighted by Crippen LogP contribution is 2.25. The molecular weight excluding hydrogens is 845 g/mol. The average molecular weight is 909 g/mol. The molecule has 2 aromatic rings. The summed E-state index contributed by atoms with van der Waals surface area (Å²) < 4.78 is 12.0. The fourth-order valence-corrected chi connectivity index (χ4v) is 12.6. The number of hydrogen-bond acceptors (Lipinski definition) is 12. The van der Waals surface area contributed by atoms with Gasteiger partial charge < -0.3 is 46.5 Å². The van der Waals surface area contributed by atoms with Crippen molar-refractivity contribution >= 4 is 69.4 Å². The van der Waals surface area contributed by atoms with Gasteiger partial charge in [-0.05, 0) is 45.0 Å². The third-order valence-electron chi connectivity index (χ3n) is 8.81. The predicted molar refractivity (Wildman–Crippen MR) is 239 cm³/mol. The number of pyridine rings is 2. The fraction of sp³-hybridized carbons (Fsp3) is 0.615. The van der Waals surface area contributed by atoms with Crippen LogP contribution in [-0.2, 0) is 9.47 Å². The molecule has 0 saturated carbocycles. The van der Waals surface area contributed by atoms with Crippen LogP contribution in [0.1, 0.15) is 62.5 Å². The molecule has 0 fully saturated rings. The Morgan fingerprint density at radius 1 is 0.733 bits per heavy atom. The van der Waals surface area contributed by atoms with Crippen molar-refractivity contribution in [3.05, 3.63) is 57.2 Å². The Kier molecular flexibility index (Phi) is 19.6. The van der Waals surface area contributed by atoms with E-state index in [2.05, 4.69) is 65.9 Å². The quantitative estimate of drug-likeness (QED) is 0.0950. The number of ether oxygens (including phenoxy) is 2. The van der Waals surface area contributed by atoms with Crippen molar-refractivity contribution in [2.45, 2.75) is 87.8 Å². The highest BCUT2D eigenvalue weighted by molar-refractivity contribution is 7.99. The molecule has 6 rings (SSSR count). The maximum atomic E-state index is 13.7. The zero-order valence-corrected chi connectivity index (χ0v) is 40.2. The molecule has 0 saturated heterocycles. The van der Waals surface area contributed by atoms with Gasteiger partial charge in [0.25, 0.3) is 33.3 Å². The first-order chi connectivity index (χ1) is 28.1. The molecule has 21 heteroatoms. The summed E-state index contributed by atoms with van der Waals surface area (Å²) in [6.45, 7) is 20.2. The van der Waals surface area contributed by atoms with Gasteiger partial charge in [-0.1, -0.05) is 62.8 Å². The molecule has 0 aromatic carbocycles. The molecule has 4 aliphatic rings. The predicted octanol–water partition coefficient (Wildman–Crippen LogP) is 3.29. The lowest BCUT2D eigenvalue weighted by molar-refractivity contribution is -0.647. The van der Waals surface area contributed by atoms with Crippen LogP contribution >= 0.6 is 23.5 Å². The smallest absolute Gasteiger partial charge is 0.407 e. The lowest BCUT2D eigenvalue weighted by Crippen LogP contribution is -2.47. The topological polar surface area (TPSA) is 221 Å². The summed E-state index contributed by atoms with van der Waals surface area (Å²) in [6, 6.07) is 7.38. The first kappa shape index (κ1) is 50.5. The molecule has 334 valence electrons. The summed E-state index contributed by atoms with van der Waals surface area (Å²) in [5.41, 5.74) is -0.756. The van der Waals surface area contributed by atoms with E-state index < -0.39 is 51.5 Å². The minimum atomic E-state index is -1.48. The van der Waals surface area contributed by atoms with Gasteiger partial charge >= 0.3 is 17.9 Å². The number of carbonyl (C=O) groups is 5. The van der Waals surface area contributed by atoms with Crippen LogP contribution in [0.4, 0.5) is 4.79 Å². The zero-order valence-electron chi connectivity index (χ0n) is 36.5. The van der Waals surface area contributed by atoms with E-state index in [1.165, 1.54) is 47.8 Å². The first-order valence-corrected chi connectivity index (χ1v) is 29.6. The summed E-state index contributed by atoms with van der Waals surface area (Å²) >= 11 is 2.48. The second-order valence-corrected chi connectivity index (χ2v) is 31.1. The van der Waals surface area contributed by atoms with Gasteiger partial charge in [0.1, 0.15) is 16.7 Å². The fourth-order valence-electron chi connectivity index (χ4n) is 5.47. The summed E-state index contributed by atoms with van der Waals surface area (Å²) in [5, 5.41) is 41.5. The maximum absolute atomic E-state index is 13.7. The van der Waals surface area contributed by atoms with E-state index in [1.807, 2.05) is 4.90 Å². The Labute approximate surface area is 364 Å². The molecule has 2 aromatic heterocycles. The van der Waals surface area contributed by atoms with Gasteiger partial charge in [-0.15, -0.1) is 0 Å². The number of amides is 5. The molecule has 17 nitrogen and oxygen atoms in total. The number of nitrogens with one attached hydrogen (secondary N) is 5. The number of rotatable bonds is 11. The molecule has 0 atom stereocenters. The molecule has 4 aliphatic heterocycles. The van der Waals surface area contributed by atoms with E-state index >= 15 is 0 Å². The molecule has 4 bridgehead atoms. The molecule has 6 heterocycles. The Hall–Kier alpha value is -3.90. The van der Waals surface area contributed by atoms with Crippen LogP contribution in [0.15, 0.2) is 34.3 Å². The third-order valence-corrected chi connectivity index (χ3v) is 15.2. The van der Waals surface area contributed by atoms with Crippen molar-refractivity contribution in [3.8, 4) is 0 Å². The second-order valence-electron chi connectivity index (χ2n) is 17.7. The van der Waals surface area contributed by atoms with Crippen LogP contribution in [0.3, 0.4) is 0 Å². The number of alkyl carbamates (subject to hydrolysis) is 1. The van der Waals surface area contributed by atoms with Gasteiger partial charge in [0, 0.05) is 92.1 Å². The minimum absolute atomic E-state index is 0.0989. The van der Waals surface area contributed by atoms with E-state index in [-0.39, 0.29) is 91.6 Å². The number of thioether (sulfide) groups is 2. The van der Waals surface area contributed by atoms with Gasteiger partial charge in [-0.2, -0.15) is 9.46 Å². The molecule has 60 heavy (non-hydrogen) atoms. The zero-order chi connectivity index (χ0) is 44.7. The normalized spacial score (nSPS) is 16.1. The number of hydrogen-bond donors (Lipinski definition) is 5. The van der Waals surface area contributed by atoms with Gasteiger partial charge in [0.15, 0.2) is 0 Å². The Morgan fingerprint density at radius 3 is 1.55 bits per heavy atom. The van der Waals surface area contributed by atoms with Crippen LogP contribution in [0, 0.1) is 10.4 Å². The van der Waals surface area contributed by atoms with E-state index in [4.69, 9.17) is 9.47 Å². The summed E-state index contributed by atoms with van der Waals surface area (Å²) in [7, 11) is -2.97. The van der Waals surface area contributed by atoms with Crippen molar-refractivity contribution in [3.63, 3.8) is 0 Å². The molecule has 0 unspecified atom stereocenters. The molecular formula is C39H64N8O9S2Si2. The number of carbonyl (C=O) groups excluding carboxylic acids is 5. The Morgan fingerprint density at radius 2 is 1.15 bits per heavy atom. The lowest BCUT2D eigenvalue weighted by Gasteiger charge is -2.24. The van der Waals surface area contributed by atoms with E-state index in [9.17, 15) is 34.4 Å². The highest BCUT2D eigenvalue weighted by atomic mass is 32.2. The van der Waals surface area contributed by atoms with Crippen molar-refractivity contribution in [2.24, 2.45) is 0 Å². The average Bonchev–Trinajstić information content (AvgIpc) is 3.13. The van der Waals surface area contributed by atoms with Crippen LogP contribution in [-0.4, -0.2) is 133 Å². The van der Waals surface area contributed by atoms with Crippen LogP contribution in [0.25, 0.3) is 0 Å². The minimum Gasteiger partial charge on any atom is -0.617 e. The van der Waals surface area contributed by atoms with Crippen molar-refractivity contribution < 1.29 is 42.9 Å². The lowest BCUT2D eigenvalue weighted by atomic mass is 10.2. The van der Waals surface area contributed by atoms with Gasteiger partial charge in [-0.3, -0.25) is 24.1 Å². The second kappa shape index (κ2) is 23.4. The maximum Gasteiger partial charge on any atom is 0.407 e. The van der Waals surface area contributed by atoms with Crippen LogP contribution in [0.2, 0.25) is 51.4 Å². The van der Waals surface area contributed by atoms with Crippen molar-refractivity contribution in [2.75, 3.05) is 77.1 Å². The summed E-state index contributed by atoms with van der Waals surface area (Å²) in [5.74, 6) is -1.05. The van der Waals surface area contributed by atoms with Crippen LogP contribution in [0.5, 0.6) is 0 Å². The van der Waals surface area contributed by atoms with Gasteiger partial charge in [0.2, 0.25) is 0 Å². The first-order valence-electron chi connectivity index (χ1n) is 20.2. The molecule has 0 aliphatic carbocycles. The van der Waals surface area contributed by atoms with E-state index in [1.54, 1.807) is 20.8 Å². The van der Waals surface area contributed by atoms with Crippen molar-refractivity contribution in [1.82, 2.24) is 31.5 Å². The van der Waals surface area contributed by atoms with E-state index in [0.717, 1.165) is 12.1 Å². The van der Waals surface area contributed by atoms with E-state index in [0.29, 0.717) is 27.5 Å². The monoisotopic (exact) mass is 908 g/mol. The highest BCUT2D eigenvalue weighted by Gasteiger charge is 2.29. The van der Waals surface area contributed by atoms with Gasteiger partial charge in [0.05, 0.1) is 13.2 Å². The number of nitrogens with zero attached hydrogens (tertiary/aromatic N) is 3. The Balaban J connectivity index is 1.90. The third kappa shape index (κ3) is 17.6. The van der Waals surface area contributed by atoms with Gasteiger partial charge in [-0.25, -0.2) is 4.79 Å². The SMILES string of the molecule is CC(C)(C)OC(=O)NCCN1CCNC(=O)c2ccc(c(SCC[Si](C)(C)C)[n+]2[O-])C(=O)NCCOCCNC(=O)c2ccc([n+]([O-])c2SCC[Si](C)(C)C)C(=O)NCC1. The summed E-state index contributed by atoms with van der Waals surface area (Å²) in [4.78, 5) is 67.9. The largest absolute Gasteiger partial charge is 0.617 e. The Bertz CT molecular complexity index is 1710. The summed E-state index contributed by atoms with van der Waals surface area (Å²) in [6.07, 6.45) is -0.596. The van der Waals surface area contributed by atoms with Crippen LogP contribution < -0.4 is 36.0 Å². The standard InChI is InChI=1S/C39H64N8O9S2Si2/c1-39(2,3)56-38(52)44-16-21-45-19-14-40-34(50)30-12-10-28(36(46(30)53)57-24-26-59(4,5)6)32(48)42-17-22-55-23-18-43-33(49)29-11-13-31(35(51)41-15-20-45)47(54)37(29)58-25-27-60(7,8)9/h10-13H,14-27H2,1-9H3,(H,40,50)(H,41,51)(H,42,48)(H,43,49)(H,44,52). The molecule has 0 radical (unpaired) electrons. The molecule has 0 spiro atoms. The van der Waals surface area contributed by atoms with Crippen molar-refractivity contribution in [1.29, 1.82) is 0 Å². The number of aromatic nitrogens is 2. The molecule has 5 amide bonds.